The Morgan fingerprint density at radius 1 is 0.640 bits per heavy atom. The van der Waals surface area contributed by atoms with Crippen molar-refractivity contribution in [2.75, 3.05) is 0 Å². The summed E-state index contributed by atoms with van der Waals surface area (Å²) in [6.07, 6.45) is 12.0. The van der Waals surface area contributed by atoms with Crippen LogP contribution in [0.5, 0.6) is 0 Å². The first kappa shape index (κ1) is 19.6. The third-order valence-corrected chi connectivity index (χ3v) is 7.86. The molecule has 0 saturated heterocycles. The summed E-state index contributed by atoms with van der Waals surface area (Å²) in [6, 6.07) is 0. The Morgan fingerprint density at radius 3 is 2.00 bits per heavy atom. The van der Waals surface area contributed by atoms with Crippen molar-refractivity contribution in [3.63, 3.8) is 0 Å². The molecule has 25 heavy (non-hydrogen) atoms. The zero-order valence-electron chi connectivity index (χ0n) is 16.3. The number of aliphatic hydroxyl groups excluding tert-OH is 3. The van der Waals surface area contributed by atoms with Crippen molar-refractivity contribution in [1.29, 1.82) is 0 Å². The molecule has 146 valence electrons. The van der Waals surface area contributed by atoms with Gasteiger partial charge in [0.25, 0.3) is 0 Å². The van der Waals surface area contributed by atoms with Gasteiger partial charge in [0.1, 0.15) is 0 Å². The third-order valence-electron chi connectivity index (χ3n) is 7.86. The molecule has 3 aliphatic rings. The Kier molecular flexibility index (Phi) is 6.84. The molecule has 0 heterocycles. The minimum Gasteiger partial charge on any atom is -0.393 e. The summed E-state index contributed by atoms with van der Waals surface area (Å²) in [5.74, 6) is 3.15. The highest BCUT2D eigenvalue weighted by molar-refractivity contribution is 4.88. The molecule has 0 amide bonds. The molecule has 9 atom stereocenters. The van der Waals surface area contributed by atoms with E-state index >= 15 is 0 Å². The minimum atomic E-state index is -0.131. The van der Waals surface area contributed by atoms with Gasteiger partial charge in [-0.2, -0.15) is 0 Å². The maximum absolute atomic E-state index is 10.5. The number of hydrogen-bond acceptors (Lipinski definition) is 3. The van der Waals surface area contributed by atoms with Crippen molar-refractivity contribution in [3.8, 4) is 0 Å². The van der Waals surface area contributed by atoms with Crippen LogP contribution in [-0.2, 0) is 0 Å². The van der Waals surface area contributed by atoms with Crippen molar-refractivity contribution < 1.29 is 15.3 Å². The van der Waals surface area contributed by atoms with Gasteiger partial charge in [-0.25, -0.2) is 0 Å². The van der Waals surface area contributed by atoms with Crippen LogP contribution in [0.1, 0.15) is 84.5 Å². The van der Waals surface area contributed by atoms with Crippen molar-refractivity contribution in [1.82, 2.24) is 0 Å². The summed E-state index contributed by atoms with van der Waals surface area (Å²) in [5.41, 5.74) is 0. The largest absolute Gasteiger partial charge is 0.393 e. The van der Waals surface area contributed by atoms with E-state index in [9.17, 15) is 15.3 Å². The molecule has 0 radical (unpaired) electrons. The molecule has 0 aliphatic heterocycles. The molecule has 0 bridgehead atoms. The van der Waals surface area contributed by atoms with Crippen LogP contribution in [0.3, 0.4) is 0 Å². The van der Waals surface area contributed by atoms with E-state index in [1.807, 2.05) is 0 Å². The van der Waals surface area contributed by atoms with E-state index in [1.165, 1.54) is 19.3 Å². The van der Waals surface area contributed by atoms with Gasteiger partial charge in [0.2, 0.25) is 0 Å². The van der Waals surface area contributed by atoms with Crippen LogP contribution in [0.2, 0.25) is 0 Å². The molecule has 0 spiro atoms. The Bertz CT molecular complexity index is 412. The zero-order valence-corrected chi connectivity index (χ0v) is 16.3. The van der Waals surface area contributed by atoms with Gasteiger partial charge in [0, 0.05) is 0 Å². The molecule has 0 aromatic rings. The van der Waals surface area contributed by atoms with E-state index in [-0.39, 0.29) is 18.3 Å². The highest BCUT2D eigenvalue weighted by Gasteiger charge is 2.36. The smallest absolute Gasteiger partial charge is 0.0594 e. The van der Waals surface area contributed by atoms with Crippen molar-refractivity contribution in [3.05, 3.63) is 0 Å². The maximum Gasteiger partial charge on any atom is 0.0594 e. The Morgan fingerprint density at radius 2 is 1.28 bits per heavy atom. The van der Waals surface area contributed by atoms with Crippen molar-refractivity contribution in [2.24, 2.45) is 35.5 Å². The van der Waals surface area contributed by atoms with Gasteiger partial charge in [-0.15, -0.1) is 0 Å². The SMILES string of the molecule is CC1CC(CC2CC(CC3CCCC(C)C3O)CCC2O)CCC1O. The minimum absolute atomic E-state index is 0.111. The Balaban J connectivity index is 1.51. The monoisotopic (exact) mass is 352 g/mol. The first-order valence-electron chi connectivity index (χ1n) is 11.0. The first-order chi connectivity index (χ1) is 11.9. The highest BCUT2D eigenvalue weighted by atomic mass is 16.3. The van der Waals surface area contributed by atoms with Crippen molar-refractivity contribution in [2.45, 2.75) is 103 Å². The highest BCUT2D eigenvalue weighted by Crippen LogP contribution is 2.42. The summed E-state index contributed by atoms with van der Waals surface area (Å²) >= 11 is 0. The van der Waals surface area contributed by atoms with Crippen LogP contribution in [-0.4, -0.2) is 33.6 Å². The molecule has 3 saturated carbocycles. The van der Waals surface area contributed by atoms with Gasteiger partial charge >= 0.3 is 0 Å². The van der Waals surface area contributed by atoms with Gasteiger partial charge in [-0.1, -0.05) is 20.3 Å². The number of rotatable bonds is 4. The topological polar surface area (TPSA) is 60.7 Å². The lowest BCUT2D eigenvalue weighted by Crippen LogP contribution is -2.37. The maximum atomic E-state index is 10.5. The molecule has 3 fully saturated rings. The summed E-state index contributed by atoms with van der Waals surface area (Å²) in [7, 11) is 0. The summed E-state index contributed by atoms with van der Waals surface area (Å²) in [5, 5.41) is 31.0. The molecule has 3 heteroatoms. The van der Waals surface area contributed by atoms with E-state index in [2.05, 4.69) is 13.8 Å². The van der Waals surface area contributed by atoms with Gasteiger partial charge < -0.3 is 15.3 Å². The van der Waals surface area contributed by atoms with Gasteiger partial charge in [0.05, 0.1) is 18.3 Å². The van der Waals surface area contributed by atoms with E-state index in [0.717, 1.165) is 51.4 Å². The summed E-state index contributed by atoms with van der Waals surface area (Å²) in [4.78, 5) is 0. The molecule has 3 rings (SSSR count). The van der Waals surface area contributed by atoms with Crippen LogP contribution >= 0.6 is 0 Å². The van der Waals surface area contributed by atoms with Crippen LogP contribution in [0.15, 0.2) is 0 Å². The Hall–Kier alpha value is -0.120. The Labute approximate surface area is 154 Å². The van der Waals surface area contributed by atoms with Gasteiger partial charge in [-0.3, -0.25) is 0 Å². The van der Waals surface area contributed by atoms with Gasteiger partial charge in [-0.05, 0) is 99.7 Å². The van der Waals surface area contributed by atoms with E-state index in [4.69, 9.17) is 0 Å². The van der Waals surface area contributed by atoms with Gasteiger partial charge in [0.15, 0.2) is 0 Å². The first-order valence-corrected chi connectivity index (χ1v) is 11.0. The standard InChI is InChI=1S/C22H40O3/c1-14-4-3-5-18(22(14)25)11-17-7-9-21(24)19(13-17)12-16-6-8-20(23)15(2)10-16/h14-25H,3-13H2,1-2H3. The van der Waals surface area contributed by atoms with E-state index < -0.39 is 0 Å². The average molecular weight is 353 g/mol. The quantitative estimate of drug-likeness (QED) is 0.713. The molecule has 0 aromatic heterocycles. The second kappa shape index (κ2) is 8.71. The normalized spacial score (nSPS) is 49.1. The second-order valence-corrected chi connectivity index (χ2v) is 9.86. The molecule has 3 aliphatic carbocycles. The predicted molar refractivity (Wildman–Crippen MR) is 101 cm³/mol. The molecular weight excluding hydrogens is 312 g/mol. The molecule has 3 N–H and O–H groups in total. The fourth-order valence-corrected chi connectivity index (χ4v) is 6.14. The van der Waals surface area contributed by atoms with Crippen LogP contribution in [0.25, 0.3) is 0 Å². The van der Waals surface area contributed by atoms with Crippen LogP contribution in [0.4, 0.5) is 0 Å². The van der Waals surface area contributed by atoms with Crippen molar-refractivity contribution >= 4 is 0 Å². The number of hydrogen-bond donors (Lipinski definition) is 3. The summed E-state index contributed by atoms with van der Waals surface area (Å²) in [6.45, 7) is 4.37. The van der Waals surface area contributed by atoms with Crippen LogP contribution in [0, 0.1) is 35.5 Å². The van der Waals surface area contributed by atoms with Crippen LogP contribution < -0.4 is 0 Å². The summed E-state index contributed by atoms with van der Waals surface area (Å²) < 4.78 is 0. The number of aliphatic hydroxyl groups is 3. The zero-order chi connectivity index (χ0) is 18.0. The molecule has 3 nitrogen and oxygen atoms in total. The molecule has 9 unspecified atom stereocenters. The fraction of sp³-hybridized carbons (Fsp3) is 1.00. The fourth-order valence-electron chi connectivity index (χ4n) is 6.14. The lowest BCUT2D eigenvalue weighted by atomic mass is 9.68. The predicted octanol–water partition coefficient (Wildman–Crippen LogP) is 4.14. The van der Waals surface area contributed by atoms with E-state index in [0.29, 0.717) is 35.5 Å². The second-order valence-electron chi connectivity index (χ2n) is 9.86. The van der Waals surface area contributed by atoms with E-state index in [1.54, 1.807) is 0 Å². The molecule has 0 aromatic carbocycles. The lowest BCUT2D eigenvalue weighted by Gasteiger charge is -2.40. The lowest BCUT2D eigenvalue weighted by molar-refractivity contribution is -0.0122. The molecular formula is C22H40O3. The third kappa shape index (κ3) is 4.99. The average Bonchev–Trinajstić information content (AvgIpc) is 2.58.